The normalized spacial score (nSPS) is 10.7. The number of carbonyl (C=O) groups is 2. The maximum Gasteiger partial charge on any atom is 0.266 e. The molecular weight excluding hydrogens is 430 g/mol. The highest BCUT2D eigenvalue weighted by Gasteiger charge is 2.12. The summed E-state index contributed by atoms with van der Waals surface area (Å²) >= 11 is 0. The molecule has 0 saturated heterocycles. The Morgan fingerprint density at radius 3 is 2.50 bits per heavy atom. The van der Waals surface area contributed by atoms with E-state index in [1.54, 1.807) is 42.5 Å². The molecule has 2 amide bonds. The third kappa shape index (κ3) is 6.47. The van der Waals surface area contributed by atoms with Gasteiger partial charge in [0.25, 0.3) is 11.8 Å². The van der Waals surface area contributed by atoms with Crippen molar-refractivity contribution in [3.8, 4) is 17.6 Å². The Bertz CT molecular complexity index is 1270. The Hall–Kier alpha value is -4.57. The molecular formula is C27H25N3O4. The molecule has 0 spiro atoms. The van der Waals surface area contributed by atoms with E-state index in [0.717, 1.165) is 11.1 Å². The van der Waals surface area contributed by atoms with Crippen molar-refractivity contribution in [1.82, 2.24) is 0 Å². The van der Waals surface area contributed by atoms with Crippen LogP contribution in [0.25, 0.3) is 6.08 Å². The molecule has 7 nitrogen and oxygen atoms in total. The second kappa shape index (κ2) is 11.3. The van der Waals surface area contributed by atoms with Crippen LogP contribution in [-0.4, -0.2) is 25.5 Å². The third-order valence-electron chi connectivity index (χ3n) is 4.92. The number of anilines is 2. The number of hydrogen-bond donors (Lipinski definition) is 2. The zero-order valence-electron chi connectivity index (χ0n) is 19.2. The van der Waals surface area contributed by atoms with E-state index in [0.29, 0.717) is 28.4 Å². The fourth-order valence-corrected chi connectivity index (χ4v) is 3.24. The molecule has 34 heavy (non-hydrogen) atoms. The van der Waals surface area contributed by atoms with Crippen LogP contribution in [0.2, 0.25) is 0 Å². The van der Waals surface area contributed by atoms with Crippen molar-refractivity contribution in [3.05, 3.63) is 89.0 Å². The molecule has 3 aromatic carbocycles. The molecule has 0 bridgehead atoms. The van der Waals surface area contributed by atoms with Crippen molar-refractivity contribution < 1.29 is 19.1 Å². The number of nitrogens with one attached hydrogen (secondary N) is 2. The van der Waals surface area contributed by atoms with Crippen molar-refractivity contribution >= 4 is 29.3 Å². The number of carbonyl (C=O) groups excluding carboxylic acids is 2. The van der Waals surface area contributed by atoms with Gasteiger partial charge < -0.3 is 20.1 Å². The fourth-order valence-electron chi connectivity index (χ4n) is 3.24. The molecule has 0 aliphatic heterocycles. The number of ether oxygens (including phenoxy) is 2. The minimum Gasteiger partial charge on any atom is -0.495 e. The van der Waals surface area contributed by atoms with E-state index in [2.05, 4.69) is 10.6 Å². The van der Waals surface area contributed by atoms with Crippen LogP contribution in [0.1, 0.15) is 16.7 Å². The van der Waals surface area contributed by atoms with E-state index in [1.165, 1.54) is 13.2 Å². The molecule has 0 heterocycles. The van der Waals surface area contributed by atoms with Gasteiger partial charge >= 0.3 is 0 Å². The van der Waals surface area contributed by atoms with E-state index in [1.807, 2.05) is 44.2 Å². The minimum atomic E-state index is -0.503. The predicted octanol–water partition coefficient (Wildman–Crippen LogP) is 4.88. The van der Waals surface area contributed by atoms with Gasteiger partial charge in [-0.25, -0.2) is 0 Å². The number of benzene rings is 3. The predicted molar refractivity (Wildman–Crippen MR) is 132 cm³/mol. The molecule has 0 fully saturated rings. The number of methoxy groups -OCH3 is 1. The lowest BCUT2D eigenvalue weighted by molar-refractivity contribution is -0.118. The van der Waals surface area contributed by atoms with Gasteiger partial charge in [-0.2, -0.15) is 5.26 Å². The van der Waals surface area contributed by atoms with Crippen LogP contribution in [0.15, 0.2) is 72.3 Å². The van der Waals surface area contributed by atoms with Crippen molar-refractivity contribution in [2.24, 2.45) is 0 Å². The molecule has 0 unspecified atom stereocenters. The Balaban J connectivity index is 1.65. The summed E-state index contributed by atoms with van der Waals surface area (Å²) in [5.74, 6) is 0.120. The van der Waals surface area contributed by atoms with Gasteiger partial charge in [0.1, 0.15) is 23.1 Å². The van der Waals surface area contributed by atoms with Crippen LogP contribution in [-0.2, 0) is 9.59 Å². The highest BCUT2D eigenvalue weighted by atomic mass is 16.5. The largest absolute Gasteiger partial charge is 0.495 e. The van der Waals surface area contributed by atoms with Crippen LogP contribution in [0.3, 0.4) is 0 Å². The quantitative estimate of drug-likeness (QED) is 0.373. The van der Waals surface area contributed by atoms with Gasteiger partial charge in [0.05, 0.1) is 12.8 Å². The van der Waals surface area contributed by atoms with Gasteiger partial charge in [-0.3, -0.25) is 9.59 Å². The summed E-state index contributed by atoms with van der Waals surface area (Å²) in [5, 5.41) is 15.0. The summed E-state index contributed by atoms with van der Waals surface area (Å²) in [6.07, 6.45) is 1.47. The smallest absolute Gasteiger partial charge is 0.266 e. The number of aryl methyl sites for hydroxylation is 2. The lowest BCUT2D eigenvalue weighted by atomic mass is 10.1. The van der Waals surface area contributed by atoms with E-state index < -0.39 is 5.91 Å². The first kappa shape index (κ1) is 24.1. The second-order valence-corrected chi connectivity index (χ2v) is 7.55. The van der Waals surface area contributed by atoms with Gasteiger partial charge in [0, 0.05) is 5.69 Å². The molecule has 3 rings (SSSR count). The van der Waals surface area contributed by atoms with Crippen molar-refractivity contribution in [2.45, 2.75) is 13.8 Å². The number of amides is 2. The highest BCUT2D eigenvalue weighted by molar-refractivity contribution is 6.10. The number of rotatable bonds is 8. The zero-order chi connectivity index (χ0) is 24.5. The molecule has 0 aliphatic rings. The molecule has 7 heteroatoms. The van der Waals surface area contributed by atoms with Crippen LogP contribution in [0.4, 0.5) is 11.4 Å². The maximum absolute atomic E-state index is 12.6. The monoisotopic (exact) mass is 455 g/mol. The first-order valence-electron chi connectivity index (χ1n) is 10.6. The molecule has 0 radical (unpaired) electrons. The molecule has 0 atom stereocenters. The van der Waals surface area contributed by atoms with Crippen LogP contribution >= 0.6 is 0 Å². The average Bonchev–Trinajstić information content (AvgIpc) is 2.83. The summed E-state index contributed by atoms with van der Waals surface area (Å²) in [5.41, 5.74) is 3.73. The fraction of sp³-hybridized carbons (Fsp3) is 0.148. The standard InChI is InChI=1S/C27H25N3O4/c1-18-11-12-23(19(2)13-18)30-27(32)21(16-28)14-20-7-6-8-22(15-20)34-17-26(31)29-24-9-4-5-10-25(24)33-3/h4-15H,17H2,1-3H3,(H,29,31)(H,30,32). The summed E-state index contributed by atoms with van der Waals surface area (Å²) in [7, 11) is 1.53. The summed E-state index contributed by atoms with van der Waals surface area (Å²) in [6.45, 7) is 3.64. The lowest BCUT2D eigenvalue weighted by Gasteiger charge is -2.11. The van der Waals surface area contributed by atoms with E-state index in [9.17, 15) is 14.9 Å². The second-order valence-electron chi connectivity index (χ2n) is 7.55. The molecule has 0 aromatic heterocycles. The van der Waals surface area contributed by atoms with Crippen molar-refractivity contribution in [3.63, 3.8) is 0 Å². The topological polar surface area (TPSA) is 100 Å². The molecule has 2 N–H and O–H groups in total. The maximum atomic E-state index is 12.6. The van der Waals surface area contributed by atoms with Gasteiger partial charge in [-0.1, -0.05) is 42.0 Å². The Labute approximate surface area is 198 Å². The number of hydrogen-bond acceptors (Lipinski definition) is 5. The van der Waals surface area contributed by atoms with Gasteiger partial charge in [-0.05, 0) is 61.4 Å². The Morgan fingerprint density at radius 2 is 1.76 bits per heavy atom. The summed E-state index contributed by atoms with van der Waals surface area (Å²) in [6, 6.07) is 21.5. The Kier molecular flexibility index (Phi) is 8.03. The lowest BCUT2D eigenvalue weighted by Crippen LogP contribution is -2.20. The summed E-state index contributed by atoms with van der Waals surface area (Å²) in [4.78, 5) is 24.9. The van der Waals surface area contributed by atoms with E-state index >= 15 is 0 Å². The van der Waals surface area contributed by atoms with Gasteiger partial charge in [0.15, 0.2) is 6.61 Å². The number of para-hydroxylation sites is 2. The Morgan fingerprint density at radius 1 is 0.971 bits per heavy atom. The SMILES string of the molecule is COc1ccccc1NC(=O)COc1cccc(C=C(C#N)C(=O)Nc2ccc(C)cc2C)c1. The molecule has 0 aliphatic carbocycles. The van der Waals surface area contributed by atoms with E-state index in [-0.39, 0.29) is 18.1 Å². The minimum absolute atomic E-state index is 0.0500. The molecule has 172 valence electrons. The van der Waals surface area contributed by atoms with E-state index in [4.69, 9.17) is 9.47 Å². The van der Waals surface area contributed by atoms with Crippen LogP contribution < -0.4 is 20.1 Å². The van der Waals surface area contributed by atoms with Crippen LogP contribution in [0, 0.1) is 25.2 Å². The average molecular weight is 456 g/mol. The first-order valence-corrected chi connectivity index (χ1v) is 10.6. The van der Waals surface area contributed by atoms with Crippen molar-refractivity contribution in [1.29, 1.82) is 5.26 Å². The number of nitrogens with zero attached hydrogens (tertiary/aromatic N) is 1. The summed E-state index contributed by atoms with van der Waals surface area (Å²) < 4.78 is 10.8. The molecule has 0 saturated carbocycles. The third-order valence-corrected chi connectivity index (χ3v) is 4.92. The van der Waals surface area contributed by atoms with Crippen molar-refractivity contribution in [2.75, 3.05) is 24.4 Å². The zero-order valence-corrected chi connectivity index (χ0v) is 19.2. The van der Waals surface area contributed by atoms with Gasteiger partial charge in [0.2, 0.25) is 0 Å². The number of nitriles is 1. The van der Waals surface area contributed by atoms with Crippen LogP contribution in [0.5, 0.6) is 11.5 Å². The van der Waals surface area contributed by atoms with Gasteiger partial charge in [-0.15, -0.1) is 0 Å². The molecule has 3 aromatic rings. The first-order chi connectivity index (χ1) is 16.4. The highest BCUT2D eigenvalue weighted by Crippen LogP contribution is 2.23.